The number of hydrogen-bond acceptors (Lipinski definition) is 4. The molecule has 0 radical (unpaired) electrons. The quantitative estimate of drug-likeness (QED) is 0.639. The molecule has 1 aromatic heterocycles. The Kier molecular flexibility index (Phi) is 3.66. The Balaban J connectivity index is 2.29. The highest BCUT2D eigenvalue weighted by molar-refractivity contribution is 9.10. The molecular weight excluding hydrogens is 300 g/mol. The van der Waals surface area contributed by atoms with E-state index in [9.17, 15) is 10.1 Å². The van der Waals surface area contributed by atoms with Gasteiger partial charge in [0.05, 0.1) is 17.4 Å². The molecule has 6 heteroatoms. The van der Waals surface area contributed by atoms with Gasteiger partial charge in [0.1, 0.15) is 5.69 Å². The molecular formula is C12H11BrN2O3. The molecule has 0 aliphatic rings. The Morgan fingerprint density at radius 3 is 2.83 bits per heavy atom. The molecule has 1 aromatic carbocycles. The third-order valence-corrected chi connectivity index (χ3v) is 3.04. The first-order chi connectivity index (χ1) is 8.58. The van der Waals surface area contributed by atoms with E-state index >= 15 is 0 Å². The molecule has 5 nitrogen and oxygen atoms in total. The summed E-state index contributed by atoms with van der Waals surface area (Å²) < 4.78 is 5.67. The van der Waals surface area contributed by atoms with Crippen LogP contribution in [-0.4, -0.2) is 12.0 Å². The topological polar surface area (TPSA) is 59.5 Å². The average Bonchev–Trinajstić information content (AvgIpc) is 2.81. The van der Waals surface area contributed by atoms with Crippen molar-refractivity contribution in [3.05, 3.63) is 56.9 Å². The van der Waals surface area contributed by atoms with Gasteiger partial charge in [-0.15, -0.1) is 0 Å². The smallest absolute Gasteiger partial charge is 0.293 e. The summed E-state index contributed by atoms with van der Waals surface area (Å²) in [4.78, 5) is 12.5. The van der Waals surface area contributed by atoms with Crippen molar-refractivity contribution in [2.24, 2.45) is 0 Å². The monoisotopic (exact) mass is 310 g/mol. The van der Waals surface area contributed by atoms with Crippen molar-refractivity contribution in [2.75, 3.05) is 11.9 Å². The van der Waals surface area contributed by atoms with Gasteiger partial charge in [-0.1, -0.05) is 15.9 Å². The Labute approximate surface area is 112 Å². The Morgan fingerprint density at radius 2 is 2.22 bits per heavy atom. The van der Waals surface area contributed by atoms with Gasteiger partial charge in [0.15, 0.2) is 0 Å². The molecule has 0 spiro atoms. The summed E-state index contributed by atoms with van der Waals surface area (Å²) in [5, 5.41) is 11.0. The zero-order valence-electron chi connectivity index (χ0n) is 9.67. The average molecular weight is 311 g/mol. The zero-order chi connectivity index (χ0) is 13.1. The van der Waals surface area contributed by atoms with E-state index in [1.807, 2.05) is 18.0 Å². The lowest BCUT2D eigenvalue weighted by Gasteiger charge is -2.18. The molecule has 2 rings (SSSR count). The van der Waals surface area contributed by atoms with Crippen LogP contribution in [0.2, 0.25) is 0 Å². The van der Waals surface area contributed by atoms with Gasteiger partial charge in [0.2, 0.25) is 0 Å². The second-order valence-electron chi connectivity index (χ2n) is 3.88. The summed E-state index contributed by atoms with van der Waals surface area (Å²) >= 11 is 3.24. The van der Waals surface area contributed by atoms with Crippen molar-refractivity contribution in [2.45, 2.75) is 6.54 Å². The van der Waals surface area contributed by atoms with Crippen LogP contribution in [-0.2, 0) is 6.54 Å². The maximum atomic E-state index is 11.0. The number of nitrogens with zero attached hydrogens (tertiary/aromatic N) is 2. The number of furan rings is 1. The van der Waals surface area contributed by atoms with Crippen molar-refractivity contribution in [1.82, 2.24) is 0 Å². The van der Waals surface area contributed by atoms with Crippen LogP contribution in [0.4, 0.5) is 11.4 Å². The van der Waals surface area contributed by atoms with Crippen molar-refractivity contribution in [1.29, 1.82) is 0 Å². The van der Waals surface area contributed by atoms with Gasteiger partial charge in [0, 0.05) is 29.7 Å². The maximum Gasteiger partial charge on any atom is 0.293 e. The molecule has 0 unspecified atom stereocenters. The molecule has 0 bridgehead atoms. The van der Waals surface area contributed by atoms with Crippen LogP contribution in [0.25, 0.3) is 0 Å². The number of benzene rings is 1. The molecule has 94 valence electrons. The van der Waals surface area contributed by atoms with E-state index in [2.05, 4.69) is 15.9 Å². The first kappa shape index (κ1) is 12.6. The molecule has 0 N–H and O–H groups in total. The van der Waals surface area contributed by atoms with Crippen LogP contribution < -0.4 is 4.90 Å². The highest BCUT2D eigenvalue weighted by Gasteiger charge is 2.17. The van der Waals surface area contributed by atoms with Crippen molar-refractivity contribution in [3.8, 4) is 0 Å². The predicted molar refractivity (Wildman–Crippen MR) is 71.6 cm³/mol. The van der Waals surface area contributed by atoms with Gasteiger partial charge < -0.3 is 9.32 Å². The standard InChI is InChI=1S/C12H11BrN2O3/c1-14(7-9-4-5-18-8-9)11-3-2-10(13)6-12(11)15(16)17/h2-6,8H,7H2,1H3. The Hall–Kier alpha value is -1.82. The highest BCUT2D eigenvalue weighted by Crippen LogP contribution is 2.31. The zero-order valence-corrected chi connectivity index (χ0v) is 11.3. The maximum absolute atomic E-state index is 11.0. The SMILES string of the molecule is CN(Cc1ccoc1)c1ccc(Br)cc1[N+](=O)[O-]. The summed E-state index contributed by atoms with van der Waals surface area (Å²) in [6, 6.07) is 6.85. The lowest BCUT2D eigenvalue weighted by Crippen LogP contribution is -2.17. The largest absolute Gasteiger partial charge is 0.472 e. The summed E-state index contributed by atoms with van der Waals surface area (Å²) in [6.45, 7) is 0.555. The lowest BCUT2D eigenvalue weighted by atomic mass is 10.2. The summed E-state index contributed by atoms with van der Waals surface area (Å²) in [5.41, 5.74) is 1.62. The van der Waals surface area contributed by atoms with Crippen LogP contribution in [0.5, 0.6) is 0 Å². The Morgan fingerprint density at radius 1 is 1.44 bits per heavy atom. The van der Waals surface area contributed by atoms with Crippen molar-refractivity contribution >= 4 is 27.3 Å². The van der Waals surface area contributed by atoms with E-state index in [-0.39, 0.29) is 10.6 Å². The van der Waals surface area contributed by atoms with Crippen LogP contribution in [0.1, 0.15) is 5.56 Å². The first-order valence-corrected chi connectivity index (χ1v) is 6.03. The Bertz CT molecular complexity index is 554. The molecule has 0 aliphatic carbocycles. The normalized spacial score (nSPS) is 10.3. The molecule has 0 saturated heterocycles. The molecule has 0 saturated carbocycles. The van der Waals surface area contributed by atoms with Gasteiger partial charge in [-0.25, -0.2) is 0 Å². The van der Waals surface area contributed by atoms with Crippen LogP contribution in [0.3, 0.4) is 0 Å². The molecule has 0 aliphatic heterocycles. The van der Waals surface area contributed by atoms with Gasteiger partial charge in [-0.2, -0.15) is 0 Å². The summed E-state index contributed by atoms with van der Waals surface area (Å²) in [6.07, 6.45) is 3.21. The fraction of sp³-hybridized carbons (Fsp3) is 0.167. The number of hydrogen-bond donors (Lipinski definition) is 0. The van der Waals surface area contributed by atoms with E-state index < -0.39 is 0 Å². The third kappa shape index (κ3) is 2.70. The molecule has 2 aromatic rings. The highest BCUT2D eigenvalue weighted by atomic mass is 79.9. The van der Waals surface area contributed by atoms with E-state index in [0.29, 0.717) is 16.7 Å². The number of nitro benzene ring substituents is 1. The van der Waals surface area contributed by atoms with E-state index in [1.165, 1.54) is 6.07 Å². The predicted octanol–water partition coefficient (Wildman–Crippen LogP) is 3.59. The van der Waals surface area contributed by atoms with Crippen LogP contribution >= 0.6 is 15.9 Å². The minimum atomic E-state index is -0.383. The summed E-state index contributed by atoms with van der Waals surface area (Å²) in [7, 11) is 1.81. The fourth-order valence-electron chi connectivity index (χ4n) is 1.71. The first-order valence-electron chi connectivity index (χ1n) is 5.24. The van der Waals surface area contributed by atoms with Gasteiger partial charge >= 0.3 is 0 Å². The third-order valence-electron chi connectivity index (χ3n) is 2.55. The summed E-state index contributed by atoms with van der Waals surface area (Å²) in [5.74, 6) is 0. The van der Waals surface area contributed by atoms with Gasteiger partial charge in [-0.05, 0) is 18.2 Å². The number of nitro groups is 1. The fourth-order valence-corrected chi connectivity index (χ4v) is 2.06. The van der Waals surface area contributed by atoms with Crippen LogP contribution in [0.15, 0.2) is 45.7 Å². The number of halogens is 1. The molecule has 0 amide bonds. The van der Waals surface area contributed by atoms with Crippen molar-refractivity contribution in [3.63, 3.8) is 0 Å². The molecule has 1 heterocycles. The molecule has 18 heavy (non-hydrogen) atoms. The minimum absolute atomic E-state index is 0.0790. The van der Waals surface area contributed by atoms with Gasteiger partial charge in [-0.3, -0.25) is 10.1 Å². The lowest BCUT2D eigenvalue weighted by molar-refractivity contribution is -0.384. The van der Waals surface area contributed by atoms with E-state index in [4.69, 9.17) is 4.42 Å². The van der Waals surface area contributed by atoms with Gasteiger partial charge in [0.25, 0.3) is 5.69 Å². The minimum Gasteiger partial charge on any atom is -0.472 e. The van der Waals surface area contributed by atoms with Crippen LogP contribution in [0, 0.1) is 10.1 Å². The second kappa shape index (κ2) is 5.22. The van der Waals surface area contributed by atoms with Crippen molar-refractivity contribution < 1.29 is 9.34 Å². The van der Waals surface area contributed by atoms with E-state index in [1.54, 1.807) is 24.7 Å². The number of rotatable bonds is 4. The molecule has 0 fully saturated rings. The number of anilines is 1. The molecule has 0 atom stereocenters. The second-order valence-corrected chi connectivity index (χ2v) is 4.79. The van der Waals surface area contributed by atoms with E-state index in [0.717, 1.165) is 5.56 Å².